The van der Waals surface area contributed by atoms with Crippen molar-refractivity contribution in [3.63, 3.8) is 0 Å². The Bertz CT molecular complexity index is 1030. The number of hydrogen-bond donors (Lipinski definition) is 5. The first-order chi connectivity index (χ1) is 16.2. The summed E-state index contributed by atoms with van der Waals surface area (Å²) in [6, 6.07) is 0. The summed E-state index contributed by atoms with van der Waals surface area (Å²) in [5, 5.41) is 35.5. The van der Waals surface area contributed by atoms with Gasteiger partial charge < -0.3 is 40.3 Å². The highest BCUT2D eigenvalue weighted by atomic mass is 16.6. The lowest BCUT2D eigenvalue weighted by Gasteiger charge is -2.26. The monoisotopic (exact) mass is 483 g/mol. The van der Waals surface area contributed by atoms with Gasteiger partial charge in [0.25, 0.3) is 0 Å². The van der Waals surface area contributed by atoms with Crippen LogP contribution in [0.1, 0.15) is 39.3 Å². The smallest absolute Gasteiger partial charge is 0.330 e. The van der Waals surface area contributed by atoms with Gasteiger partial charge in [-0.05, 0) is 26.8 Å². The highest BCUT2D eigenvalue weighted by Crippen LogP contribution is 2.32. The van der Waals surface area contributed by atoms with Crippen LogP contribution in [0, 0.1) is 0 Å². The molecule has 14 nitrogen and oxygen atoms in total. The van der Waals surface area contributed by atoms with Gasteiger partial charge in [0.2, 0.25) is 5.90 Å². The lowest BCUT2D eigenvalue weighted by atomic mass is 10.1. The number of rotatable bonds is 11. The summed E-state index contributed by atoms with van der Waals surface area (Å²) in [4.78, 5) is 29.7. The summed E-state index contributed by atoms with van der Waals surface area (Å²) in [6.45, 7) is 5.09. The van der Waals surface area contributed by atoms with Crippen LogP contribution in [0.25, 0.3) is 11.2 Å². The van der Waals surface area contributed by atoms with Gasteiger partial charge in [-0.15, -0.1) is 0 Å². The number of hydrogen-bond acceptors (Lipinski definition) is 12. The van der Waals surface area contributed by atoms with Crippen LogP contribution in [-0.2, 0) is 14.3 Å². The molecule has 14 heteroatoms. The quantitative estimate of drug-likeness (QED) is 0.0876. The van der Waals surface area contributed by atoms with Crippen molar-refractivity contribution in [3.05, 3.63) is 16.8 Å². The molecular weight excluding hydrogens is 450 g/mol. The van der Waals surface area contributed by atoms with Gasteiger partial charge in [-0.3, -0.25) is 4.90 Å². The normalized spacial score (nSPS) is 24.1. The SMILES string of the molecule is CCO/C(C)=N\OCCCCN(C)C(O)C[C@H]1O[C@@H](n2c(=O)[nH]c3c(N)ncnc32)[C@H](O)[C@@H]1O. The molecule has 190 valence electrons. The summed E-state index contributed by atoms with van der Waals surface area (Å²) in [6.07, 6.45) is -3.11. The van der Waals surface area contributed by atoms with Crippen molar-refractivity contribution in [1.82, 2.24) is 24.4 Å². The van der Waals surface area contributed by atoms with Crippen molar-refractivity contribution in [2.75, 3.05) is 32.5 Å². The van der Waals surface area contributed by atoms with E-state index < -0.39 is 36.5 Å². The second-order valence-electron chi connectivity index (χ2n) is 8.08. The van der Waals surface area contributed by atoms with Crippen LogP contribution in [0.5, 0.6) is 0 Å². The highest BCUT2D eigenvalue weighted by Gasteiger charge is 2.46. The fourth-order valence-electron chi connectivity index (χ4n) is 3.77. The highest BCUT2D eigenvalue weighted by molar-refractivity contribution is 5.81. The number of oxime groups is 1. The third-order valence-electron chi connectivity index (χ3n) is 5.62. The number of nitrogens with two attached hydrogens (primary N) is 1. The first kappa shape index (κ1) is 25.8. The molecule has 0 aliphatic carbocycles. The van der Waals surface area contributed by atoms with Gasteiger partial charge >= 0.3 is 5.69 Å². The number of nitrogens with one attached hydrogen (secondary N) is 1. The molecule has 2 aromatic rings. The Morgan fingerprint density at radius 3 is 2.88 bits per heavy atom. The predicted molar refractivity (Wildman–Crippen MR) is 122 cm³/mol. The zero-order valence-electron chi connectivity index (χ0n) is 19.5. The zero-order valence-corrected chi connectivity index (χ0v) is 19.5. The van der Waals surface area contributed by atoms with E-state index in [-0.39, 0.29) is 23.4 Å². The molecule has 0 saturated carbocycles. The molecular formula is C20H33N7O7. The lowest BCUT2D eigenvalue weighted by Crippen LogP contribution is -2.39. The van der Waals surface area contributed by atoms with Gasteiger partial charge in [-0.2, -0.15) is 0 Å². The van der Waals surface area contributed by atoms with Crippen molar-refractivity contribution in [3.8, 4) is 0 Å². The minimum absolute atomic E-state index is 0.0216. The van der Waals surface area contributed by atoms with Gasteiger partial charge in [-0.1, -0.05) is 5.16 Å². The topological polar surface area (TPSA) is 194 Å². The van der Waals surface area contributed by atoms with Crippen molar-refractivity contribution < 1.29 is 29.6 Å². The number of H-pyrrole nitrogens is 1. The van der Waals surface area contributed by atoms with Crippen molar-refractivity contribution in [1.29, 1.82) is 0 Å². The second kappa shape index (κ2) is 11.6. The standard InChI is InChI=1S/C20H33N7O7/c1-4-32-11(2)25-33-8-6-5-7-26(3)13(28)9-12-15(29)16(30)19(34-12)27-18-14(24-20(27)31)17(21)22-10-23-18/h10,12-13,15-16,19,28-30H,4-9H2,1-3H3,(H,24,31)(H2,21,22,23)/b25-11-/t12-,13?,15-,16-,19-/m1/s1. The minimum atomic E-state index is -1.41. The van der Waals surface area contributed by atoms with Crippen molar-refractivity contribution in [2.45, 2.75) is 63.9 Å². The third-order valence-corrected chi connectivity index (χ3v) is 5.62. The minimum Gasteiger partial charge on any atom is -0.479 e. The molecule has 0 aromatic carbocycles. The van der Waals surface area contributed by atoms with E-state index in [4.69, 9.17) is 20.0 Å². The molecule has 6 N–H and O–H groups in total. The first-order valence-corrected chi connectivity index (χ1v) is 11.1. The Balaban J connectivity index is 1.52. The van der Waals surface area contributed by atoms with E-state index in [0.717, 1.165) is 17.4 Å². The van der Waals surface area contributed by atoms with Gasteiger partial charge in [-0.25, -0.2) is 19.3 Å². The maximum absolute atomic E-state index is 12.5. The van der Waals surface area contributed by atoms with Crippen LogP contribution in [-0.4, -0.2) is 97.0 Å². The number of fused-ring (bicyclic) bond motifs is 1. The van der Waals surface area contributed by atoms with Gasteiger partial charge in [0.1, 0.15) is 36.9 Å². The average molecular weight is 484 g/mol. The van der Waals surface area contributed by atoms with Crippen molar-refractivity contribution in [2.24, 2.45) is 5.16 Å². The largest absolute Gasteiger partial charge is 0.479 e. The van der Waals surface area contributed by atoms with Gasteiger partial charge in [0.15, 0.2) is 17.7 Å². The number of nitrogen functional groups attached to an aromatic ring is 1. The molecule has 1 aliphatic rings. The van der Waals surface area contributed by atoms with Crippen LogP contribution in [0.15, 0.2) is 16.3 Å². The molecule has 1 aliphatic heterocycles. The second-order valence-corrected chi connectivity index (χ2v) is 8.08. The van der Waals surface area contributed by atoms with E-state index in [0.29, 0.717) is 25.7 Å². The average Bonchev–Trinajstić information content (AvgIpc) is 3.27. The number of aromatic amines is 1. The van der Waals surface area contributed by atoms with E-state index in [9.17, 15) is 20.1 Å². The number of ether oxygens (including phenoxy) is 2. The Morgan fingerprint density at radius 1 is 1.38 bits per heavy atom. The summed E-state index contributed by atoms with van der Waals surface area (Å²) in [5.41, 5.74) is 5.52. The molecule has 1 saturated heterocycles. The predicted octanol–water partition coefficient (Wildman–Crippen LogP) is -0.872. The van der Waals surface area contributed by atoms with Crippen LogP contribution < -0.4 is 11.4 Å². The molecule has 5 atom stereocenters. The number of aliphatic hydroxyl groups is 3. The van der Waals surface area contributed by atoms with E-state index in [1.54, 1.807) is 18.9 Å². The number of imidazole rings is 1. The van der Waals surface area contributed by atoms with Gasteiger partial charge in [0.05, 0.1) is 12.7 Å². The summed E-state index contributed by atoms with van der Waals surface area (Å²) in [5.74, 6) is 0.542. The molecule has 0 spiro atoms. The Hall–Kier alpha value is -2.78. The molecule has 2 aromatic heterocycles. The molecule has 0 bridgehead atoms. The Morgan fingerprint density at radius 2 is 2.15 bits per heavy atom. The molecule has 1 unspecified atom stereocenters. The van der Waals surface area contributed by atoms with Crippen molar-refractivity contribution >= 4 is 22.9 Å². The zero-order chi connectivity index (χ0) is 24.8. The summed E-state index contributed by atoms with van der Waals surface area (Å²) >= 11 is 0. The number of nitrogens with zero attached hydrogens (tertiary/aromatic N) is 5. The molecule has 3 rings (SSSR count). The Labute approximate surface area is 195 Å². The van der Waals surface area contributed by atoms with Gasteiger partial charge in [0, 0.05) is 19.9 Å². The summed E-state index contributed by atoms with van der Waals surface area (Å²) in [7, 11) is 1.74. The van der Waals surface area contributed by atoms with E-state index in [2.05, 4.69) is 20.1 Å². The van der Waals surface area contributed by atoms with E-state index in [1.807, 2.05) is 6.92 Å². The summed E-state index contributed by atoms with van der Waals surface area (Å²) < 4.78 is 12.0. The number of aromatic nitrogens is 4. The fraction of sp³-hybridized carbons (Fsp3) is 0.700. The van der Waals surface area contributed by atoms with Crippen LogP contribution in [0.4, 0.5) is 5.82 Å². The number of unbranched alkanes of at least 4 members (excludes halogenated alkanes) is 1. The molecule has 1 fully saturated rings. The maximum atomic E-state index is 12.5. The maximum Gasteiger partial charge on any atom is 0.330 e. The third kappa shape index (κ3) is 5.82. The molecule has 0 amide bonds. The lowest BCUT2D eigenvalue weighted by molar-refractivity contribution is -0.0749. The number of anilines is 1. The van der Waals surface area contributed by atoms with Crippen LogP contribution in [0.2, 0.25) is 0 Å². The van der Waals surface area contributed by atoms with E-state index in [1.165, 1.54) is 6.33 Å². The number of aliphatic hydroxyl groups excluding tert-OH is 3. The fourth-order valence-corrected chi connectivity index (χ4v) is 3.77. The van der Waals surface area contributed by atoms with Crippen LogP contribution >= 0.6 is 0 Å². The molecule has 0 radical (unpaired) electrons. The van der Waals surface area contributed by atoms with E-state index >= 15 is 0 Å². The molecule has 3 heterocycles. The Kier molecular flexibility index (Phi) is 8.79. The molecule has 34 heavy (non-hydrogen) atoms. The van der Waals surface area contributed by atoms with Crippen LogP contribution in [0.3, 0.4) is 0 Å². The first-order valence-electron chi connectivity index (χ1n) is 11.1.